The number of piperazine rings is 1. The van der Waals surface area contributed by atoms with Crippen LogP contribution in [0.2, 0.25) is 0 Å². The maximum atomic E-state index is 11.8. The van der Waals surface area contributed by atoms with Gasteiger partial charge in [-0.2, -0.15) is 0 Å². The van der Waals surface area contributed by atoms with Gasteiger partial charge in [0, 0.05) is 39.3 Å². The van der Waals surface area contributed by atoms with Crippen molar-refractivity contribution >= 4 is 15.9 Å². The maximum Gasteiger partial charge on any atom is 0.236 e. The van der Waals surface area contributed by atoms with Crippen LogP contribution in [0.3, 0.4) is 0 Å². The van der Waals surface area contributed by atoms with Gasteiger partial charge in [0.1, 0.15) is 0 Å². The quantitative estimate of drug-likeness (QED) is 0.544. The monoisotopic (exact) mass is 278 g/mol. The highest BCUT2D eigenvalue weighted by atomic mass is 32.2. The Hall–Kier alpha value is -0.700. The lowest BCUT2D eigenvalue weighted by Gasteiger charge is -2.32. The van der Waals surface area contributed by atoms with Crippen molar-refractivity contribution in [3.63, 3.8) is 0 Å². The zero-order valence-electron chi connectivity index (χ0n) is 11.0. The zero-order valence-corrected chi connectivity index (χ0v) is 11.8. The number of nitrogens with zero attached hydrogens (tertiary/aromatic N) is 2. The predicted molar refractivity (Wildman–Crippen MR) is 69.8 cm³/mol. The van der Waals surface area contributed by atoms with Gasteiger partial charge < -0.3 is 15.1 Å². The van der Waals surface area contributed by atoms with Crippen molar-refractivity contribution in [2.45, 2.75) is 0 Å². The van der Waals surface area contributed by atoms with Crippen molar-refractivity contribution in [1.29, 1.82) is 0 Å². The molecule has 0 aromatic carbocycles. The molecule has 0 aromatic heterocycles. The largest absolute Gasteiger partial charge is 0.339 e. The van der Waals surface area contributed by atoms with Gasteiger partial charge in [-0.3, -0.25) is 4.79 Å². The summed E-state index contributed by atoms with van der Waals surface area (Å²) in [5.41, 5.74) is 0. The van der Waals surface area contributed by atoms with E-state index in [4.69, 9.17) is 0 Å². The van der Waals surface area contributed by atoms with E-state index in [9.17, 15) is 13.2 Å². The minimum atomic E-state index is -3.14. The molecule has 0 atom stereocenters. The number of hydrogen-bond donors (Lipinski definition) is 2. The Morgan fingerprint density at radius 3 is 2.33 bits per heavy atom. The molecule has 1 saturated heterocycles. The highest BCUT2D eigenvalue weighted by molar-refractivity contribution is 7.88. The van der Waals surface area contributed by atoms with Crippen molar-refractivity contribution in [1.82, 2.24) is 19.8 Å². The maximum absolute atomic E-state index is 11.8. The molecule has 1 aliphatic rings. The Labute approximate surface area is 109 Å². The van der Waals surface area contributed by atoms with Gasteiger partial charge in [0.25, 0.3) is 0 Å². The standard InChI is InChI=1S/C10H22N4O3S/c1-13-5-7-14(8-6-13)10(15)9-11-3-4-12-18(2,16)17/h11-12H,3-9H2,1-2H3. The third kappa shape index (κ3) is 6.29. The second kappa shape index (κ2) is 7.03. The summed E-state index contributed by atoms with van der Waals surface area (Å²) in [6, 6.07) is 0. The third-order valence-corrected chi connectivity index (χ3v) is 3.53. The molecule has 1 heterocycles. The smallest absolute Gasteiger partial charge is 0.236 e. The minimum absolute atomic E-state index is 0.0717. The molecule has 1 fully saturated rings. The van der Waals surface area contributed by atoms with E-state index in [1.807, 2.05) is 11.9 Å². The van der Waals surface area contributed by atoms with E-state index in [0.29, 0.717) is 13.1 Å². The average molecular weight is 278 g/mol. The Bertz CT molecular complexity index is 363. The van der Waals surface area contributed by atoms with E-state index >= 15 is 0 Å². The summed E-state index contributed by atoms with van der Waals surface area (Å²) in [7, 11) is -1.10. The Kier molecular flexibility index (Phi) is 6.00. The molecule has 0 aliphatic carbocycles. The van der Waals surface area contributed by atoms with Gasteiger partial charge in [0.15, 0.2) is 0 Å². The molecule has 1 aliphatic heterocycles. The fourth-order valence-electron chi connectivity index (χ4n) is 1.69. The number of amides is 1. The number of carbonyl (C=O) groups is 1. The van der Waals surface area contributed by atoms with Gasteiger partial charge in [-0.1, -0.05) is 0 Å². The molecule has 1 amide bonds. The van der Waals surface area contributed by atoms with Crippen LogP contribution in [0.5, 0.6) is 0 Å². The lowest BCUT2D eigenvalue weighted by Crippen LogP contribution is -2.49. The first-order valence-corrected chi connectivity index (χ1v) is 7.89. The summed E-state index contributed by atoms with van der Waals surface area (Å²) >= 11 is 0. The van der Waals surface area contributed by atoms with Crippen LogP contribution in [0.25, 0.3) is 0 Å². The molecule has 0 saturated carbocycles. The second-order valence-electron chi connectivity index (χ2n) is 4.53. The van der Waals surface area contributed by atoms with Crippen molar-refractivity contribution in [3.05, 3.63) is 0 Å². The number of nitrogens with one attached hydrogen (secondary N) is 2. The predicted octanol–water partition coefficient (Wildman–Crippen LogP) is -2.10. The van der Waals surface area contributed by atoms with Crippen LogP contribution in [0.15, 0.2) is 0 Å². The van der Waals surface area contributed by atoms with Crippen LogP contribution in [0.4, 0.5) is 0 Å². The third-order valence-electron chi connectivity index (χ3n) is 2.80. The molecular formula is C10H22N4O3S. The first kappa shape index (κ1) is 15.4. The second-order valence-corrected chi connectivity index (χ2v) is 6.36. The summed E-state index contributed by atoms with van der Waals surface area (Å²) in [5.74, 6) is 0.0717. The molecule has 18 heavy (non-hydrogen) atoms. The molecule has 8 heteroatoms. The van der Waals surface area contributed by atoms with Crippen molar-refractivity contribution in [2.24, 2.45) is 0 Å². The number of carbonyl (C=O) groups excluding carboxylic acids is 1. The SMILES string of the molecule is CN1CCN(C(=O)CNCCNS(C)(=O)=O)CC1. The van der Waals surface area contributed by atoms with Crippen LogP contribution in [0.1, 0.15) is 0 Å². The summed E-state index contributed by atoms with van der Waals surface area (Å²) < 4.78 is 23.9. The Morgan fingerprint density at radius 1 is 1.17 bits per heavy atom. The van der Waals surface area contributed by atoms with Gasteiger partial charge >= 0.3 is 0 Å². The molecule has 0 aromatic rings. The lowest BCUT2D eigenvalue weighted by atomic mass is 10.3. The molecule has 1 rings (SSSR count). The number of sulfonamides is 1. The molecule has 7 nitrogen and oxygen atoms in total. The fourth-order valence-corrected chi connectivity index (χ4v) is 2.16. The van der Waals surface area contributed by atoms with E-state index in [0.717, 1.165) is 32.4 Å². The summed E-state index contributed by atoms with van der Waals surface area (Å²) in [4.78, 5) is 15.8. The number of hydrogen-bond acceptors (Lipinski definition) is 5. The lowest BCUT2D eigenvalue weighted by molar-refractivity contribution is -0.131. The van der Waals surface area contributed by atoms with Gasteiger partial charge in [-0.05, 0) is 7.05 Å². The van der Waals surface area contributed by atoms with Gasteiger partial charge in [0.05, 0.1) is 12.8 Å². The number of rotatable bonds is 6. The molecule has 0 unspecified atom stereocenters. The van der Waals surface area contributed by atoms with E-state index < -0.39 is 10.0 Å². The minimum Gasteiger partial charge on any atom is -0.339 e. The zero-order chi connectivity index (χ0) is 13.6. The molecule has 0 bridgehead atoms. The summed E-state index contributed by atoms with van der Waals surface area (Å²) in [6.07, 6.45) is 1.11. The van der Waals surface area contributed by atoms with Crippen molar-refractivity contribution in [3.8, 4) is 0 Å². The van der Waals surface area contributed by atoms with Crippen molar-refractivity contribution < 1.29 is 13.2 Å². The van der Waals surface area contributed by atoms with Gasteiger partial charge in [-0.15, -0.1) is 0 Å². The van der Waals surface area contributed by atoms with E-state index in [1.165, 1.54) is 0 Å². The molecule has 0 radical (unpaired) electrons. The molecule has 106 valence electrons. The van der Waals surface area contributed by atoms with Crippen LogP contribution in [0, 0.1) is 0 Å². The van der Waals surface area contributed by atoms with Gasteiger partial charge in [0.2, 0.25) is 15.9 Å². The first-order valence-electron chi connectivity index (χ1n) is 6.00. The Balaban J connectivity index is 2.10. The van der Waals surface area contributed by atoms with E-state index in [2.05, 4.69) is 14.9 Å². The van der Waals surface area contributed by atoms with Crippen LogP contribution in [-0.2, 0) is 14.8 Å². The van der Waals surface area contributed by atoms with E-state index in [-0.39, 0.29) is 12.5 Å². The van der Waals surface area contributed by atoms with Crippen LogP contribution in [-0.4, -0.2) is 83.2 Å². The van der Waals surface area contributed by atoms with Gasteiger partial charge in [-0.25, -0.2) is 13.1 Å². The topological polar surface area (TPSA) is 81.8 Å². The van der Waals surface area contributed by atoms with Crippen LogP contribution < -0.4 is 10.0 Å². The summed E-state index contributed by atoms with van der Waals surface area (Å²) in [5, 5.41) is 2.93. The Morgan fingerprint density at radius 2 is 1.78 bits per heavy atom. The average Bonchev–Trinajstić information content (AvgIpc) is 2.27. The number of likely N-dealkylation sites (N-methyl/N-ethyl adjacent to an activating group) is 1. The van der Waals surface area contributed by atoms with Crippen molar-refractivity contribution in [2.75, 3.05) is 59.1 Å². The highest BCUT2D eigenvalue weighted by Crippen LogP contribution is 1.98. The fraction of sp³-hybridized carbons (Fsp3) is 0.900. The molecule has 0 spiro atoms. The summed E-state index contributed by atoms with van der Waals surface area (Å²) in [6.45, 7) is 4.34. The first-order chi connectivity index (χ1) is 8.38. The normalized spacial score (nSPS) is 18.0. The van der Waals surface area contributed by atoms with Crippen LogP contribution >= 0.6 is 0 Å². The molecule has 2 N–H and O–H groups in total. The van der Waals surface area contributed by atoms with E-state index in [1.54, 1.807) is 0 Å². The molecular weight excluding hydrogens is 256 g/mol. The highest BCUT2D eigenvalue weighted by Gasteiger charge is 2.18.